The smallest absolute Gasteiger partial charge is 0.246 e. The van der Waals surface area contributed by atoms with Crippen molar-refractivity contribution in [2.24, 2.45) is 4.99 Å². The van der Waals surface area contributed by atoms with E-state index in [1.54, 1.807) is 14.0 Å². The van der Waals surface area contributed by atoms with Crippen molar-refractivity contribution in [2.45, 2.75) is 32.4 Å². The van der Waals surface area contributed by atoms with Gasteiger partial charge in [-0.25, -0.2) is 0 Å². The van der Waals surface area contributed by atoms with Crippen LogP contribution in [0.4, 0.5) is 0 Å². The van der Waals surface area contributed by atoms with Crippen LogP contribution in [0.3, 0.4) is 0 Å². The maximum atomic E-state index is 5.53. The molecule has 0 bridgehead atoms. The van der Waals surface area contributed by atoms with E-state index in [4.69, 9.17) is 9.26 Å². The molecule has 1 fully saturated rings. The van der Waals surface area contributed by atoms with Crippen LogP contribution in [0.2, 0.25) is 0 Å². The van der Waals surface area contributed by atoms with E-state index in [9.17, 15) is 0 Å². The first-order chi connectivity index (χ1) is 8.78. The summed E-state index contributed by atoms with van der Waals surface area (Å²) in [5, 5.41) is 10.0. The van der Waals surface area contributed by atoms with Gasteiger partial charge < -0.3 is 19.9 Å². The lowest BCUT2D eigenvalue weighted by atomic mass is 10.2. The molecular formula is C11H19N5O2. The molecule has 1 aliphatic rings. The number of nitrogens with zero attached hydrogens (tertiary/aromatic N) is 3. The first kappa shape index (κ1) is 12.8. The van der Waals surface area contributed by atoms with Crippen molar-refractivity contribution in [3.8, 4) is 0 Å². The molecule has 18 heavy (non-hydrogen) atoms. The number of guanidine groups is 1. The highest BCUT2D eigenvalue weighted by atomic mass is 16.5. The molecular weight excluding hydrogens is 234 g/mol. The first-order valence-electron chi connectivity index (χ1n) is 6.13. The highest BCUT2D eigenvalue weighted by Crippen LogP contribution is 2.10. The quantitative estimate of drug-likeness (QED) is 0.590. The van der Waals surface area contributed by atoms with Gasteiger partial charge in [0.15, 0.2) is 11.8 Å². The summed E-state index contributed by atoms with van der Waals surface area (Å²) in [7, 11) is 1.73. The molecule has 1 unspecified atom stereocenters. The monoisotopic (exact) mass is 253 g/mol. The normalized spacial score (nSPS) is 20.1. The topological polar surface area (TPSA) is 84.6 Å². The van der Waals surface area contributed by atoms with E-state index in [-0.39, 0.29) is 6.10 Å². The van der Waals surface area contributed by atoms with E-state index in [2.05, 4.69) is 25.8 Å². The number of ether oxygens (including phenoxy) is 1. The zero-order chi connectivity index (χ0) is 12.8. The highest BCUT2D eigenvalue weighted by molar-refractivity contribution is 5.79. The molecule has 1 aromatic rings. The largest absolute Gasteiger partial charge is 0.376 e. The third kappa shape index (κ3) is 3.69. The fourth-order valence-corrected chi connectivity index (χ4v) is 1.81. The van der Waals surface area contributed by atoms with Crippen LogP contribution in [0.15, 0.2) is 9.52 Å². The highest BCUT2D eigenvalue weighted by Gasteiger charge is 2.15. The van der Waals surface area contributed by atoms with Crippen molar-refractivity contribution in [3.05, 3.63) is 11.7 Å². The minimum absolute atomic E-state index is 0.286. The minimum Gasteiger partial charge on any atom is -0.376 e. The van der Waals surface area contributed by atoms with Crippen LogP contribution in [0.5, 0.6) is 0 Å². The Bertz CT molecular complexity index is 398. The lowest BCUT2D eigenvalue weighted by Gasteiger charge is -2.13. The van der Waals surface area contributed by atoms with E-state index in [1.165, 1.54) is 0 Å². The lowest BCUT2D eigenvalue weighted by molar-refractivity contribution is 0.114. The van der Waals surface area contributed by atoms with Gasteiger partial charge in [0.05, 0.1) is 12.6 Å². The molecule has 0 aliphatic carbocycles. The van der Waals surface area contributed by atoms with Crippen LogP contribution in [0.25, 0.3) is 0 Å². The Balaban J connectivity index is 1.72. The fraction of sp³-hybridized carbons (Fsp3) is 0.727. The molecule has 100 valence electrons. The molecule has 1 atom stereocenters. The summed E-state index contributed by atoms with van der Waals surface area (Å²) in [5.41, 5.74) is 0. The second-order valence-corrected chi connectivity index (χ2v) is 4.18. The molecule has 2 rings (SSSR count). The average molecular weight is 253 g/mol. The van der Waals surface area contributed by atoms with E-state index in [0.717, 1.165) is 26.0 Å². The Labute approximate surface area is 106 Å². The molecule has 1 aliphatic heterocycles. The van der Waals surface area contributed by atoms with Gasteiger partial charge in [-0.2, -0.15) is 4.98 Å². The standard InChI is InChI=1S/C11H19N5O2/c1-8-15-10(18-16-8)7-14-11(12-2)13-6-9-4-3-5-17-9/h9H,3-7H2,1-2H3,(H2,12,13,14). The molecule has 0 aromatic carbocycles. The van der Waals surface area contributed by atoms with Gasteiger partial charge in [0.1, 0.15) is 0 Å². The van der Waals surface area contributed by atoms with Crippen LogP contribution in [-0.2, 0) is 11.3 Å². The second-order valence-electron chi connectivity index (χ2n) is 4.18. The molecule has 0 spiro atoms. The van der Waals surface area contributed by atoms with Crippen LogP contribution < -0.4 is 10.6 Å². The Kier molecular flexibility index (Phi) is 4.52. The van der Waals surface area contributed by atoms with Gasteiger partial charge in [-0.15, -0.1) is 0 Å². The number of rotatable bonds is 4. The molecule has 0 radical (unpaired) electrons. The molecule has 7 heteroatoms. The van der Waals surface area contributed by atoms with Crippen LogP contribution >= 0.6 is 0 Å². The number of aromatic nitrogens is 2. The Morgan fingerprint density at radius 1 is 1.50 bits per heavy atom. The summed E-state index contributed by atoms with van der Waals surface area (Å²) in [6, 6.07) is 0. The van der Waals surface area contributed by atoms with E-state index in [1.807, 2.05) is 0 Å². The SMILES string of the molecule is CN=C(NCc1nc(C)no1)NCC1CCCO1. The van der Waals surface area contributed by atoms with Crippen LogP contribution in [-0.4, -0.2) is 42.4 Å². The second kappa shape index (κ2) is 6.34. The van der Waals surface area contributed by atoms with E-state index >= 15 is 0 Å². The number of aliphatic imine (C=N–C) groups is 1. The molecule has 1 aromatic heterocycles. The van der Waals surface area contributed by atoms with Crippen molar-refractivity contribution >= 4 is 5.96 Å². The summed E-state index contributed by atoms with van der Waals surface area (Å²) >= 11 is 0. The fourth-order valence-electron chi connectivity index (χ4n) is 1.81. The molecule has 0 saturated carbocycles. The molecule has 1 saturated heterocycles. The summed E-state index contributed by atoms with van der Waals surface area (Å²) in [6.45, 7) is 3.88. The van der Waals surface area contributed by atoms with Crippen molar-refractivity contribution in [1.82, 2.24) is 20.8 Å². The van der Waals surface area contributed by atoms with Crippen molar-refractivity contribution in [2.75, 3.05) is 20.2 Å². The van der Waals surface area contributed by atoms with Crippen molar-refractivity contribution < 1.29 is 9.26 Å². The molecule has 0 amide bonds. The van der Waals surface area contributed by atoms with Gasteiger partial charge in [0.25, 0.3) is 0 Å². The Morgan fingerprint density at radius 2 is 2.39 bits per heavy atom. The van der Waals surface area contributed by atoms with Crippen molar-refractivity contribution in [1.29, 1.82) is 0 Å². The zero-order valence-electron chi connectivity index (χ0n) is 10.8. The lowest BCUT2D eigenvalue weighted by Crippen LogP contribution is -2.40. The summed E-state index contributed by atoms with van der Waals surface area (Å²) in [6.07, 6.45) is 2.53. The zero-order valence-corrected chi connectivity index (χ0v) is 10.8. The Hall–Kier alpha value is -1.63. The summed E-state index contributed by atoms with van der Waals surface area (Å²) in [4.78, 5) is 8.23. The number of hydrogen-bond donors (Lipinski definition) is 2. The molecule has 2 heterocycles. The van der Waals surface area contributed by atoms with Gasteiger partial charge in [-0.05, 0) is 19.8 Å². The number of nitrogens with one attached hydrogen (secondary N) is 2. The predicted molar refractivity (Wildman–Crippen MR) is 66.2 cm³/mol. The molecule has 2 N–H and O–H groups in total. The summed E-state index contributed by atoms with van der Waals surface area (Å²) in [5.74, 6) is 1.89. The van der Waals surface area contributed by atoms with E-state index < -0.39 is 0 Å². The van der Waals surface area contributed by atoms with Gasteiger partial charge >= 0.3 is 0 Å². The minimum atomic E-state index is 0.286. The summed E-state index contributed by atoms with van der Waals surface area (Å²) < 4.78 is 10.5. The van der Waals surface area contributed by atoms with Crippen LogP contribution in [0.1, 0.15) is 24.6 Å². The maximum absolute atomic E-state index is 5.53. The third-order valence-corrected chi connectivity index (χ3v) is 2.72. The average Bonchev–Trinajstić information content (AvgIpc) is 3.01. The number of hydrogen-bond acceptors (Lipinski definition) is 5. The number of aryl methyl sites for hydroxylation is 1. The van der Waals surface area contributed by atoms with Gasteiger partial charge in [-0.1, -0.05) is 5.16 Å². The third-order valence-electron chi connectivity index (χ3n) is 2.72. The van der Waals surface area contributed by atoms with E-state index in [0.29, 0.717) is 24.2 Å². The predicted octanol–water partition coefficient (Wildman–Crippen LogP) is 0.222. The first-order valence-corrected chi connectivity index (χ1v) is 6.13. The van der Waals surface area contributed by atoms with Crippen LogP contribution in [0, 0.1) is 6.92 Å². The van der Waals surface area contributed by atoms with Crippen molar-refractivity contribution in [3.63, 3.8) is 0 Å². The van der Waals surface area contributed by atoms with Gasteiger partial charge in [-0.3, -0.25) is 4.99 Å². The van der Waals surface area contributed by atoms with Gasteiger partial charge in [0.2, 0.25) is 5.89 Å². The van der Waals surface area contributed by atoms with Gasteiger partial charge in [0, 0.05) is 20.2 Å². The molecule has 7 nitrogen and oxygen atoms in total. The Morgan fingerprint density at radius 3 is 3.00 bits per heavy atom. The maximum Gasteiger partial charge on any atom is 0.246 e.